The third-order valence-electron chi connectivity index (χ3n) is 3.02. The first-order chi connectivity index (χ1) is 10.1. The first-order valence-corrected chi connectivity index (χ1v) is 6.68. The van der Waals surface area contributed by atoms with Gasteiger partial charge in [-0.05, 0) is 17.7 Å². The fourth-order valence-electron chi connectivity index (χ4n) is 1.79. The molecule has 1 amide bonds. The van der Waals surface area contributed by atoms with Gasteiger partial charge in [-0.2, -0.15) is 0 Å². The Kier molecular flexibility index (Phi) is 7.25. The van der Waals surface area contributed by atoms with Crippen LogP contribution < -0.4 is 0 Å². The number of ether oxygens (including phenoxy) is 2. The Balaban J connectivity index is 2.60. The van der Waals surface area contributed by atoms with Gasteiger partial charge in [0.15, 0.2) is 0 Å². The molecule has 116 valence electrons. The van der Waals surface area contributed by atoms with E-state index in [1.165, 1.54) is 19.2 Å². The molecule has 0 radical (unpaired) electrons. The third-order valence-corrected chi connectivity index (χ3v) is 3.02. The lowest BCUT2D eigenvalue weighted by Crippen LogP contribution is -2.36. The number of phenolic OH excluding ortho intramolecular Hbond substituents is 1. The topological polar surface area (TPSA) is 76.1 Å². The largest absolute Gasteiger partial charge is 0.508 e. The van der Waals surface area contributed by atoms with Crippen LogP contribution in [-0.2, 0) is 25.5 Å². The lowest BCUT2D eigenvalue weighted by molar-refractivity contribution is -0.141. The van der Waals surface area contributed by atoms with E-state index in [1.807, 2.05) is 0 Å². The van der Waals surface area contributed by atoms with Crippen molar-refractivity contribution >= 4 is 11.9 Å². The number of methoxy groups -OCH3 is 2. The quantitative estimate of drug-likeness (QED) is 0.723. The number of nitrogens with zero attached hydrogens (tertiary/aromatic N) is 1. The highest BCUT2D eigenvalue weighted by atomic mass is 16.5. The minimum Gasteiger partial charge on any atom is -0.508 e. The molecule has 6 heteroatoms. The summed E-state index contributed by atoms with van der Waals surface area (Å²) in [6, 6.07) is 6.47. The maximum atomic E-state index is 12.3. The van der Waals surface area contributed by atoms with E-state index in [2.05, 4.69) is 4.74 Å². The van der Waals surface area contributed by atoms with E-state index in [9.17, 15) is 14.7 Å². The maximum Gasteiger partial charge on any atom is 0.307 e. The number of rotatable bonds is 8. The first kappa shape index (κ1) is 17.0. The van der Waals surface area contributed by atoms with Crippen LogP contribution in [0, 0.1) is 0 Å². The van der Waals surface area contributed by atoms with Gasteiger partial charge in [0, 0.05) is 20.2 Å². The molecule has 0 heterocycles. The SMILES string of the molecule is COCCN(CCC(=O)OC)C(=O)Cc1ccc(O)cc1. The molecular weight excluding hydrogens is 274 g/mol. The van der Waals surface area contributed by atoms with Crippen molar-refractivity contribution in [1.29, 1.82) is 0 Å². The van der Waals surface area contributed by atoms with Gasteiger partial charge in [-0.1, -0.05) is 12.1 Å². The molecule has 0 spiro atoms. The highest BCUT2D eigenvalue weighted by molar-refractivity contribution is 5.79. The highest BCUT2D eigenvalue weighted by Crippen LogP contribution is 2.11. The zero-order valence-electron chi connectivity index (χ0n) is 12.4. The third kappa shape index (κ3) is 6.27. The van der Waals surface area contributed by atoms with Crippen molar-refractivity contribution < 1.29 is 24.2 Å². The van der Waals surface area contributed by atoms with Crippen molar-refractivity contribution in [2.24, 2.45) is 0 Å². The van der Waals surface area contributed by atoms with Gasteiger partial charge in [0.25, 0.3) is 0 Å². The van der Waals surface area contributed by atoms with E-state index >= 15 is 0 Å². The molecule has 1 aromatic rings. The summed E-state index contributed by atoms with van der Waals surface area (Å²) in [6.45, 7) is 1.12. The summed E-state index contributed by atoms with van der Waals surface area (Å²) in [7, 11) is 2.88. The Bertz CT molecular complexity index is 458. The lowest BCUT2D eigenvalue weighted by Gasteiger charge is -2.22. The highest BCUT2D eigenvalue weighted by Gasteiger charge is 2.15. The maximum absolute atomic E-state index is 12.3. The molecular formula is C15H21NO5. The molecule has 0 atom stereocenters. The van der Waals surface area contributed by atoms with E-state index in [0.717, 1.165) is 5.56 Å². The molecule has 6 nitrogen and oxygen atoms in total. The van der Waals surface area contributed by atoms with Crippen molar-refractivity contribution in [3.63, 3.8) is 0 Å². The molecule has 0 aliphatic carbocycles. The molecule has 0 fully saturated rings. The Labute approximate surface area is 124 Å². The number of amides is 1. The van der Waals surface area contributed by atoms with Gasteiger partial charge in [0.05, 0.1) is 26.6 Å². The Morgan fingerprint density at radius 1 is 1.14 bits per heavy atom. The van der Waals surface area contributed by atoms with Gasteiger partial charge in [0.1, 0.15) is 5.75 Å². The summed E-state index contributed by atoms with van der Waals surface area (Å²) in [5.74, 6) is -0.287. The second kappa shape index (κ2) is 8.97. The molecule has 21 heavy (non-hydrogen) atoms. The number of aromatic hydroxyl groups is 1. The summed E-state index contributed by atoms with van der Waals surface area (Å²) in [5, 5.41) is 9.23. The van der Waals surface area contributed by atoms with Crippen LogP contribution in [0.5, 0.6) is 5.75 Å². The minimum absolute atomic E-state index is 0.0957. The van der Waals surface area contributed by atoms with Crippen LogP contribution in [0.1, 0.15) is 12.0 Å². The van der Waals surface area contributed by atoms with Crippen molar-refractivity contribution in [2.45, 2.75) is 12.8 Å². The zero-order valence-corrected chi connectivity index (χ0v) is 12.4. The molecule has 0 aromatic heterocycles. The number of esters is 1. The van der Waals surface area contributed by atoms with Gasteiger partial charge in [-0.25, -0.2) is 0 Å². The van der Waals surface area contributed by atoms with E-state index < -0.39 is 0 Å². The molecule has 0 unspecified atom stereocenters. The number of carbonyl (C=O) groups excluding carboxylic acids is 2. The number of hydrogen-bond acceptors (Lipinski definition) is 5. The molecule has 1 N–H and O–H groups in total. The normalized spacial score (nSPS) is 10.2. The van der Waals surface area contributed by atoms with Gasteiger partial charge >= 0.3 is 5.97 Å². The summed E-state index contributed by atoms with van der Waals surface area (Å²) in [5.41, 5.74) is 0.804. The zero-order chi connectivity index (χ0) is 15.7. The molecule has 0 aliphatic rings. The monoisotopic (exact) mass is 295 g/mol. The predicted molar refractivity (Wildman–Crippen MR) is 76.9 cm³/mol. The molecule has 1 rings (SSSR count). The van der Waals surface area contributed by atoms with Crippen molar-refractivity contribution in [3.8, 4) is 5.75 Å². The fourth-order valence-corrected chi connectivity index (χ4v) is 1.79. The Hall–Kier alpha value is -2.08. The van der Waals surface area contributed by atoms with E-state index in [4.69, 9.17) is 4.74 Å². The molecule has 0 bridgehead atoms. The van der Waals surface area contributed by atoms with E-state index in [1.54, 1.807) is 24.1 Å². The van der Waals surface area contributed by atoms with Crippen LogP contribution in [0.2, 0.25) is 0 Å². The Morgan fingerprint density at radius 2 is 1.81 bits per heavy atom. The fraction of sp³-hybridized carbons (Fsp3) is 0.467. The van der Waals surface area contributed by atoms with Gasteiger partial charge in [-0.15, -0.1) is 0 Å². The lowest BCUT2D eigenvalue weighted by atomic mass is 10.1. The van der Waals surface area contributed by atoms with Crippen molar-refractivity contribution in [3.05, 3.63) is 29.8 Å². The van der Waals surface area contributed by atoms with E-state index in [-0.39, 0.29) is 30.5 Å². The van der Waals surface area contributed by atoms with Crippen LogP contribution >= 0.6 is 0 Å². The molecule has 0 aliphatic heterocycles. The average molecular weight is 295 g/mol. The predicted octanol–water partition coefficient (Wildman–Crippen LogP) is 0.973. The number of benzene rings is 1. The molecule has 1 aromatic carbocycles. The second-order valence-electron chi connectivity index (χ2n) is 4.54. The number of carbonyl (C=O) groups is 2. The van der Waals surface area contributed by atoms with E-state index in [0.29, 0.717) is 19.7 Å². The number of phenols is 1. The van der Waals surface area contributed by atoms with Gasteiger partial charge < -0.3 is 19.5 Å². The van der Waals surface area contributed by atoms with Crippen LogP contribution in [0.25, 0.3) is 0 Å². The minimum atomic E-state index is -0.352. The van der Waals surface area contributed by atoms with Gasteiger partial charge in [-0.3, -0.25) is 9.59 Å². The van der Waals surface area contributed by atoms with Crippen molar-refractivity contribution in [2.75, 3.05) is 33.9 Å². The smallest absolute Gasteiger partial charge is 0.307 e. The summed E-state index contributed by atoms with van der Waals surface area (Å²) >= 11 is 0. The average Bonchev–Trinajstić information content (AvgIpc) is 2.49. The summed E-state index contributed by atoms with van der Waals surface area (Å²) < 4.78 is 9.56. The van der Waals surface area contributed by atoms with Crippen LogP contribution in [0.3, 0.4) is 0 Å². The standard InChI is InChI=1S/C15H21NO5/c1-20-10-9-16(8-7-15(19)21-2)14(18)11-12-3-5-13(17)6-4-12/h3-6,17H,7-11H2,1-2H3. The van der Waals surface area contributed by atoms with Gasteiger partial charge in [0.2, 0.25) is 5.91 Å². The van der Waals surface area contributed by atoms with Crippen LogP contribution in [-0.4, -0.2) is 55.8 Å². The summed E-state index contributed by atoms with van der Waals surface area (Å²) in [4.78, 5) is 25.0. The summed E-state index contributed by atoms with van der Waals surface area (Å²) in [6.07, 6.45) is 0.368. The first-order valence-electron chi connectivity index (χ1n) is 6.68. The second-order valence-corrected chi connectivity index (χ2v) is 4.54. The number of hydrogen-bond donors (Lipinski definition) is 1. The van der Waals surface area contributed by atoms with Crippen LogP contribution in [0.15, 0.2) is 24.3 Å². The molecule has 0 saturated heterocycles. The van der Waals surface area contributed by atoms with Crippen molar-refractivity contribution in [1.82, 2.24) is 4.90 Å². The molecule has 0 saturated carbocycles. The van der Waals surface area contributed by atoms with Crippen LogP contribution in [0.4, 0.5) is 0 Å². The Morgan fingerprint density at radius 3 is 2.38 bits per heavy atom.